The molecule has 0 atom stereocenters. The van der Waals surface area contributed by atoms with Crippen LogP contribution in [0.4, 0.5) is 11.4 Å². The third-order valence-corrected chi connectivity index (χ3v) is 5.67. The molecule has 3 rings (SSSR count). The zero-order chi connectivity index (χ0) is 23.3. The molecule has 7 nitrogen and oxygen atoms in total. The summed E-state index contributed by atoms with van der Waals surface area (Å²) < 4.78 is 0. The van der Waals surface area contributed by atoms with Crippen molar-refractivity contribution in [2.24, 2.45) is 0 Å². The van der Waals surface area contributed by atoms with Gasteiger partial charge in [0.25, 0.3) is 5.91 Å². The van der Waals surface area contributed by atoms with Crippen molar-refractivity contribution in [1.82, 2.24) is 10.2 Å². The Morgan fingerprint density at radius 2 is 1.59 bits per heavy atom. The fourth-order valence-electron chi connectivity index (χ4n) is 3.92. The number of carbonyl (C=O) groups excluding carboxylic acids is 3. The van der Waals surface area contributed by atoms with E-state index in [-0.39, 0.29) is 30.8 Å². The topological polar surface area (TPSA) is 90.5 Å². The summed E-state index contributed by atoms with van der Waals surface area (Å²) >= 11 is 6.09. The molecule has 0 radical (unpaired) electrons. The second-order valence-electron chi connectivity index (χ2n) is 8.14. The zero-order valence-electron chi connectivity index (χ0n) is 18.7. The third kappa shape index (κ3) is 6.01. The van der Waals surface area contributed by atoms with E-state index in [1.807, 2.05) is 32.9 Å². The predicted octanol–water partition coefficient (Wildman–Crippen LogP) is 3.67. The van der Waals surface area contributed by atoms with Crippen LogP contribution >= 0.6 is 11.6 Å². The number of carbonyl (C=O) groups is 3. The van der Waals surface area contributed by atoms with Gasteiger partial charge in [0.05, 0.1) is 18.7 Å². The molecule has 0 saturated carbocycles. The summed E-state index contributed by atoms with van der Waals surface area (Å²) in [5, 5.41) is 8.91. The molecule has 0 aliphatic carbocycles. The number of halogens is 1. The van der Waals surface area contributed by atoms with Crippen LogP contribution in [0.25, 0.3) is 0 Å². The molecule has 1 saturated heterocycles. The summed E-state index contributed by atoms with van der Waals surface area (Å²) in [5.41, 5.74) is 4.82. The Labute approximate surface area is 193 Å². The second kappa shape index (κ2) is 10.5. The number of hydrogen-bond donors (Lipinski definition) is 3. The van der Waals surface area contributed by atoms with E-state index in [0.29, 0.717) is 16.3 Å². The normalized spacial score (nSPS) is 13.1. The Morgan fingerprint density at radius 3 is 2.25 bits per heavy atom. The van der Waals surface area contributed by atoms with Gasteiger partial charge in [-0.2, -0.15) is 0 Å². The number of anilines is 2. The van der Waals surface area contributed by atoms with Crippen molar-refractivity contribution in [3.8, 4) is 0 Å². The number of likely N-dealkylation sites (tertiary alicyclic amines) is 1. The van der Waals surface area contributed by atoms with Gasteiger partial charge in [-0.15, -0.1) is 0 Å². The molecular weight excluding hydrogens is 428 g/mol. The highest BCUT2D eigenvalue weighted by Gasteiger charge is 2.22. The number of nitrogens with zero attached hydrogens (tertiary/aromatic N) is 1. The molecule has 3 amide bonds. The maximum absolute atomic E-state index is 12.8. The molecule has 1 heterocycles. The number of rotatable bonds is 7. The molecule has 0 aromatic heterocycles. The van der Waals surface area contributed by atoms with E-state index in [4.69, 9.17) is 11.6 Å². The highest BCUT2D eigenvalue weighted by molar-refractivity contribution is 6.31. The quantitative estimate of drug-likeness (QED) is 0.593. The number of benzene rings is 2. The van der Waals surface area contributed by atoms with Crippen molar-refractivity contribution >= 4 is 40.7 Å². The fourth-order valence-corrected chi connectivity index (χ4v) is 4.09. The Bertz CT molecular complexity index is 1010. The number of nitrogens with one attached hydrogen (secondary N) is 3. The Hall–Kier alpha value is -3.06. The maximum Gasteiger partial charge on any atom is 0.256 e. The van der Waals surface area contributed by atoms with Gasteiger partial charge in [0.1, 0.15) is 0 Å². The summed E-state index contributed by atoms with van der Waals surface area (Å²) in [6.45, 7) is 7.10. The fraction of sp³-hybridized carbons (Fsp3) is 0.375. The molecule has 0 bridgehead atoms. The van der Waals surface area contributed by atoms with Gasteiger partial charge in [0.2, 0.25) is 11.8 Å². The molecule has 1 aliphatic rings. The van der Waals surface area contributed by atoms with E-state index < -0.39 is 0 Å². The zero-order valence-corrected chi connectivity index (χ0v) is 19.4. The van der Waals surface area contributed by atoms with E-state index in [0.717, 1.165) is 48.3 Å². The average Bonchev–Trinajstić information content (AvgIpc) is 3.28. The standard InChI is InChI=1S/C24H29ClN4O3/c1-15-10-16(2)23(17(3)11-15)28-22(31)14-27-21(30)13-26-20-7-6-18(25)12-19(20)24(32)29-8-4-5-9-29/h6-7,10-12,26H,4-5,8-9,13-14H2,1-3H3,(H,27,30)(H,28,31). The van der Waals surface area contributed by atoms with Crippen LogP contribution in [0.15, 0.2) is 30.3 Å². The van der Waals surface area contributed by atoms with Crippen LogP contribution in [0.3, 0.4) is 0 Å². The van der Waals surface area contributed by atoms with Gasteiger partial charge in [-0.1, -0.05) is 29.3 Å². The monoisotopic (exact) mass is 456 g/mol. The van der Waals surface area contributed by atoms with Crippen LogP contribution in [0, 0.1) is 20.8 Å². The lowest BCUT2D eigenvalue weighted by Crippen LogP contribution is -2.36. The molecule has 2 aromatic carbocycles. The molecule has 32 heavy (non-hydrogen) atoms. The van der Waals surface area contributed by atoms with E-state index in [1.165, 1.54) is 0 Å². The minimum atomic E-state index is -0.355. The molecule has 1 fully saturated rings. The molecule has 3 N–H and O–H groups in total. The molecule has 0 unspecified atom stereocenters. The lowest BCUT2D eigenvalue weighted by molar-refractivity contribution is -0.122. The number of hydrogen-bond acceptors (Lipinski definition) is 4. The second-order valence-corrected chi connectivity index (χ2v) is 8.58. The molecule has 1 aliphatic heterocycles. The van der Waals surface area contributed by atoms with Crippen molar-refractivity contribution < 1.29 is 14.4 Å². The van der Waals surface area contributed by atoms with Gasteiger partial charge in [0, 0.05) is 29.5 Å². The maximum atomic E-state index is 12.8. The van der Waals surface area contributed by atoms with E-state index in [2.05, 4.69) is 16.0 Å². The van der Waals surface area contributed by atoms with Crippen molar-refractivity contribution in [2.45, 2.75) is 33.6 Å². The van der Waals surface area contributed by atoms with Gasteiger partial charge in [-0.3, -0.25) is 14.4 Å². The van der Waals surface area contributed by atoms with Crippen molar-refractivity contribution in [2.75, 3.05) is 36.8 Å². The lowest BCUT2D eigenvalue weighted by Gasteiger charge is -2.18. The highest BCUT2D eigenvalue weighted by atomic mass is 35.5. The molecule has 0 spiro atoms. The smallest absolute Gasteiger partial charge is 0.256 e. The molecule has 2 aromatic rings. The first-order chi connectivity index (χ1) is 15.2. The lowest BCUT2D eigenvalue weighted by atomic mass is 10.1. The number of amides is 3. The van der Waals surface area contributed by atoms with Crippen LogP contribution in [-0.4, -0.2) is 48.8 Å². The van der Waals surface area contributed by atoms with Crippen LogP contribution in [0.2, 0.25) is 5.02 Å². The summed E-state index contributed by atoms with van der Waals surface area (Å²) in [4.78, 5) is 39.2. The first kappa shape index (κ1) is 23.6. The van der Waals surface area contributed by atoms with Crippen molar-refractivity contribution in [1.29, 1.82) is 0 Å². The van der Waals surface area contributed by atoms with Crippen LogP contribution < -0.4 is 16.0 Å². The average molecular weight is 457 g/mol. The van der Waals surface area contributed by atoms with Crippen molar-refractivity contribution in [3.05, 3.63) is 57.6 Å². The Morgan fingerprint density at radius 1 is 0.938 bits per heavy atom. The Balaban J connectivity index is 1.54. The minimum absolute atomic E-state index is 0.0716. The minimum Gasteiger partial charge on any atom is -0.376 e. The molecular formula is C24H29ClN4O3. The van der Waals surface area contributed by atoms with Crippen molar-refractivity contribution in [3.63, 3.8) is 0 Å². The van der Waals surface area contributed by atoms with E-state index in [1.54, 1.807) is 23.1 Å². The van der Waals surface area contributed by atoms with Gasteiger partial charge < -0.3 is 20.9 Å². The third-order valence-electron chi connectivity index (χ3n) is 5.43. The predicted molar refractivity (Wildman–Crippen MR) is 127 cm³/mol. The molecule has 170 valence electrons. The summed E-state index contributed by atoms with van der Waals surface area (Å²) in [6, 6.07) is 8.97. The number of aryl methyl sites for hydroxylation is 3. The first-order valence-electron chi connectivity index (χ1n) is 10.7. The van der Waals surface area contributed by atoms with Crippen LogP contribution in [0.1, 0.15) is 39.9 Å². The van der Waals surface area contributed by atoms with E-state index in [9.17, 15) is 14.4 Å². The van der Waals surface area contributed by atoms with Gasteiger partial charge in [0.15, 0.2) is 0 Å². The van der Waals surface area contributed by atoms with Gasteiger partial charge in [-0.05, 0) is 62.9 Å². The Kier molecular flexibility index (Phi) is 7.75. The van der Waals surface area contributed by atoms with Gasteiger partial charge in [-0.25, -0.2) is 0 Å². The first-order valence-corrected chi connectivity index (χ1v) is 11.1. The summed E-state index contributed by atoms with van der Waals surface area (Å²) in [7, 11) is 0. The van der Waals surface area contributed by atoms with E-state index >= 15 is 0 Å². The highest BCUT2D eigenvalue weighted by Crippen LogP contribution is 2.24. The van der Waals surface area contributed by atoms with Crippen LogP contribution in [-0.2, 0) is 9.59 Å². The SMILES string of the molecule is Cc1cc(C)c(NC(=O)CNC(=O)CNc2ccc(Cl)cc2C(=O)N2CCCC2)c(C)c1. The molecule has 8 heteroatoms. The van der Waals surface area contributed by atoms with Crippen LogP contribution in [0.5, 0.6) is 0 Å². The van der Waals surface area contributed by atoms with Gasteiger partial charge >= 0.3 is 0 Å². The summed E-state index contributed by atoms with van der Waals surface area (Å²) in [6.07, 6.45) is 1.97. The largest absolute Gasteiger partial charge is 0.376 e. The summed E-state index contributed by atoms with van der Waals surface area (Å²) in [5.74, 6) is -0.757.